The van der Waals surface area contributed by atoms with Gasteiger partial charge in [-0.15, -0.1) is 0 Å². The highest BCUT2D eigenvalue weighted by atomic mass is 19.4. The standard InChI is InChI=1S/C20H17F3N2O3/c1-12-16-6-5-15(26)10-18(16)28-25-17(12)7-8-24-19(27)14-4-2-3-13(9-14)11-20(21,22)23/h2-6,9-10H,7-8,11H2,1H3,(H,24,27). The molecule has 1 aliphatic heterocycles. The molecule has 1 heterocycles. The summed E-state index contributed by atoms with van der Waals surface area (Å²) < 4.78 is 42.7. The zero-order valence-electron chi connectivity index (χ0n) is 15.0. The normalized spacial score (nSPS) is 11.6. The Kier molecular flexibility index (Phi) is 5.48. The van der Waals surface area contributed by atoms with E-state index in [0.717, 1.165) is 11.1 Å². The van der Waals surface area contributed by atoms with Crippen LogP contribution in [0.1, 0.15) is 27.2 Å². The molecule has 5 nitrogen and oxygen atoms in total. The van der Waals surface area contributed by atoms with Gasteiger partial charge in [0.25, 0.3) is 5.91 Å². The van der Waals surface area contributed by atoms with Crippen molar-refractivity contribution in [1.29, 1.82) is 0 Å². The van der Waals surface area contributed by atoms with E-state index in [4.69, 9.17) is 4.52 Å². The lowest BCUT2D eigenvalue weighted by atomic mass is 10.0. The summed E-state index contributed by atoms with van der Waals surface area (Å²) >= 11 is 0. The molecule has 28 heavy (non-hydrogen) atoms. The van der Waals surface area contributed by atoms with E-state index in [-0.39, 0.29) is 23.1 Å². The van der Waals surface area contributed by atoms with E-state index < -0.39 is 18.5 Å². The van der Waals surface area contributed by atoms with Crippen molar-refractivity contribution in [3.8, 4) is 11.3 Å². The fourth-order valence-corrected chi connectivity index (χ4v) is 2.90. The largest absolute Gasteiger partial charge is 0.393 e. The lowest BCUT2D eigenvalue weighted by molar-refractivity contribution is -0.127. The summed E-state index contributed by atoms with van der Waals surface area (Å²) in [6.07, 6.45) is -5.04. The van der Waals surface area contributed by atoms with Gasteiger partial charge in [-0.2, -0.15) is 13.2 Å². The Morgan fingerprint density at radius 2 is 1.96 bits per heavy atom. The minimum atomic E-state index is -4.33. The van der Waals surface area contributed by atoms with Crippen molar-refractivity contribution in [3.05, 3.63) is 75.1 Å². The van der Waals surface area contributed by atoms with Gasteiger partial charge in [0, 0.05) is 30.2 Å². The van der Waals surface area contributed by atoms with Crippen LogP contribution >= 0.6 is 0 Å². The maximum Gasteiger partial charge on any atom is 0.393 e. The first-order valence-electron chi connectivity index (χ1n) is 8.56. The van der Waals surface area contributed by atoms with Crippen molar-refractivity contribution in [2.75, 3.05) is 6.54 Å². The van der Waals surface area contributed by atoms with Crippen LogP contribution in [0.5, 0.6) is 0 Å². The Labute approximate surface area is 158 Å². The minimum absolute atomic E-state index is 0.0312. The molecule has 0 spiro atoms. The van der Waals surface area contributed by atoms with Gasteiger partial charge < -0.3 is 9.84 Å². The number of aromatic nitrogens is 1. The zero-order valence-corrected chi connectivity index (χ0v) is 15.0. The number of fused-ring (bicyclic) bond motifs is 1. The first-order chi connectivity index (χ1) is 13.2. The van der Waals surface area contributed by atoms with Crippen molar-refractivity contribution in [1.82, 2.24) is 10.5 Å². The summed E-state index contributed by atoms with van der Waals surface area (Å²) in [6, 6.07) is 9.91. The van der Waals surface area contributed by atoms with Gasteiger partial charge in [0.1, 0.15) is 0 Å². The van der Waals surface area contributed by atoms with Gasteiger partial charge in [0.15, 0.2) is 11.2 Å². The van der Waals surface area contributed by atoms with Crippen molar-refractivity contribution in [3.63, 3.8) is 0 Å². The quantitative estimate of drug-likeness (QED) is 0.724. The van der Waals surface area contributed by atoms with E-state index in [2.05, 4.69) is 10.5 Å². The summed E-state index contributed by atoms with van der Waals surface area (Å²) in [4.78, 5) is 23.6. The Morgan fingerprint density at radius 1 is 1.18 bits per heavy atom. The molecular weight excluding hydrogens is 373 g/mol. The van der Waals surface area contributed by atoms with E-state index in [1.54, 1.807) is 6.07 Å². The van der Waals surface area contributed by atoms with Crippen molar-refractivity contribution in [2.24, 2.45) is 0 Å². The highest BCUT2D eigenvalue weighted by Gasteiger charge is 2.27. The molecule has 0 aromatic heterocycles. The van der Waals surface area contributed by atoms with E-state index in [1.165, 1.54) is 36.4 Å². The van der Waals surface area contributed by atoms with Crippen LogP contribution < -0.4 is 10.7 Å². The summed E-state index contributed by atoms with van der Waals surface area (Å²) in [5.41, 5.74) is 2.24. The number of nitrogens with zero attached hydrogens (tertiary/aromatic N) is 1. The summed E-state index contributed by atoms with van der Waals surface area (Å²) in [7, 11) is 0. The average molecular weight is 390 g/mol. The lowest BCUT2D eigenvalue weighted by Crippen LogP contribution is -2.26. The molecule has 0 fully saturated rings. The first-order valence-corrected chi connectivity index (χ1v) is 8.56. The Morgan fingerprint density at radius 3 is 2.71 bits per heavy atom. The summed E-state index contributed by atoms with van der Waals surface area (Å²) in [5, 5.41) is 6.65. The molecule has 0 radical (unpaired) electrons. The van der Waals surface area contributed by atoms with Gasteiger partial charge in [-0.05, 0) is 42.3 Å². The zero-order chi connectivity index (χ0) is 20.3. The second kappa shape index (κ2) is 7.84. The number of benzene rings is 2. The monoisotopic (exact) mass is 390 g/mol. The highest BCUT2D eigenvalue weighted by Crippen LogP contribution is 2.25. The molecule has 0 saturated carbocycles. The maximum absolute atomic E-state index is 12.5. The molecule has 3 rings (SSSR count). The fraction of sp³-hybridized carbons (Fsp3) is 0.250. The van der Waals surface area contributed by atoms with Crippen molar-refractivity contribution >= 4 is 5.91 Å². The van der Waals surface area contributed by atoms with Crippen molar-refractivity contribution in [2.45, 2.75) is 25.9 Å². The van der Waals surface area contributed by atoms with E-state index in [1.807, 2.05) is 6.92 Å². The smallest absolute Gasteiger partial charge is 0.356 e. The predicted molar refractivity (Wildman–Crippen MR) is 96.4 cm³/mol. The Bertz CT molecular complexity index is 1030. The number of rotatable bonds is 5. The number of nitrogens with one attached hydrogen (secondary N) is 1. The van der Waals surface area contributed by atoms with Crippen LogP contribution in [0.25, 0.3) is 11.3 Å². The number of hydrogen-bond acceptors (Lipinski definition) is 4. The Hall–Kier alpha value is -3.16. The topological polar surface area (TPSA) is 72.2 Å². The molecule has 0 saturated heterocycles. The predicted octanol–water partition coefficient (Wildman–Crippen LogP) is 3.53. The maximum atomic E-state index is 12.5. The number of amides is 1. The van der Waals surface area contributed by atoms with Gasteiger partial charge in [0.2, 0.25) is 0 Å². The van der Waals surface area contributed by atoms with Crippen LogP contribution in [-0.2, 0) is 12.8 Å². The molecule has 1 aromatic rings. The molecule has 0 atom stereocenters. The number of carbonyl (C=O) groups excluding carboxylic acids is 1. The number of alkyl halides is 3. The SMILES string of the molecule is Cc1c2ccc(=O)cc-2onc1CCNC(=O)c1cccc(CC(F)(F)F)c1. The van der Waals surface area contributed by atoms with Gasteiger partial charge in [0.05, 0.1) is 12.1 Å². The second-order valence-electron chi connectivity index (χ2n) is 6.41. The molecule has 8 heteroatoms. The molecule has 2 aliphatic rings. The third-order valence-corrected chi connectivity index (χ3v) is 4.29. The lowest BCUT2D eigenvalue weighted by Gasteiger charge is -2.11. The van der Waals surface area contributed by atoms with Crippen LogP contribution in [0.15, 0.2) is 51.8 Å². The number of carbonyl (C=O) groups is 1. The third kappa shape index (κ3) is 4.76. The fourth-order valence-electron chi connectivity index (χ4n) is 2.90. The second-order valence-corrected chi connectivity index (χ2v) is 6.41. The van der Waals surface area contributed by atoms with Crippen LogP contribution in [0.4, 0.5) is 13.2 Å². The third-order valence-electron chi connectivity index (χ3n) is 4.29. The van der Waals surface area contributed by atoms with Crippen LogP contribution in [0.2, 0.25) is 0 Å². The van der Waals surface area contributed by atoms with Gasteiger partial charge in [-0.1, -0.05) is 17.3 Å². The molecule has 146 valence electrons. The Balaban J connectivity index is 1.65. The molecule has 0 unspecified atom stereocenters. The average Bonchev–Trinajstić information content (AvgIpc) is 2.62. The van der Waals surface area contributed by atoms with Gasteiger partial charge in [-0.3, -0.25) is 9.59 Å². The van der Waals surface area contributed by atoms with E-state index >= 15 is 0 Å². The molecule has 1 amide bonds. The van der Waals surface area contributed by atoms with Gasteiger partial charge in [-0.25, -0.2) is 0 Å². The van der Waals surface area contributed by atoms with E-state index in [0.29, 0.717) is 17.9 Å². The minimum Gasteiger partial charge on any atom is -0.356 e. The van der Waals surface area contributed by atoms with Crippen molar-refractivity contribution < 1.29 is 22.5 Å². The number of hydrogen-bond donors (Lipinski definition) is 1. The van der Waals surface area contributed by atoms with E-state index in [9.17, 15) is 22.8 Å². The van der Waals surface area contributed by atoms with Crippen LogP contribution in [0.3, 0.4) is 0 Å². The van der Waals surface area contributed by atoms with Crippen LogP contribution in [-0.4, -0.2) is 23.8 Å². The summed E-state index contributed by atoms with van der Waals surface area (Å²) in [6.45, 7) is 2.07. The first kappa shape index (κ1) is 19.6. The highest BCUT2D eigenvalue weighted by molar-refractivity contribution is 5.94. The molecule has 1 aliphatic carbocycles. The number of halogens is 3. The molecule has 1 aromatic carbocycles. The van der Waals surface area contributed by atoms with Gasteiger partial charge >= 0.3 is 6.18 Å². The summed E-state index contributed by atoms with van der Waals surface area (Å²) in [5.74, 6) is -0.0744. The molecule has 1 N–H and O–H groups in total. The molecule has 0 bridgehead atoms. The molecular formula is C20H17F3N2O3. The van der Waals surface area contributed by atoms with Crippen LogP contribution in [0, 0.1) is 6.92 Å².